The van der Waals surface area contributed by atoms with Crippen LogP contribution >= 0.6 is 0 Å². The van der Waals surface area contributed by atoms with Crippen LogP contribution in [0.15, 0.2) is 30.6 Å². The van der Waals surface area contributed by atoms with Gasteiger partial charge in [-0.25, -0.2) is 9.97 Å². The number of hydrogen-bond donors (Lipinski definition) is 2. The van der Waals surface area contributed by atoms with E-state index in [4.69, 9.17) is 4.74 Å². The summed E-state index contributed by atoms with van der Waals surface area (Å²) < 4.78 is 5.34. The van der Waals surface area contributed by atoms with E-state index < -0.39 is 0 Å². The SMILES string of the molecule is CCc1ccc(CNc2ncnc(NC)c2OC)cc1. The molecule has 0 atom stereocenters. The van der Waals surface area contributed by atoms with Gasteiger partial charge in [0.15, 0.2) is 11.6 Å². The molecule has 0 saturated heterocycles. The van der Waals surface area contributed by atoms with Crippen LogP contribution in [0.2, 0.25) is 0 Å². The molecule has 0 radical (unpaired) electrons. The van der Waals surface area contributed by atoms with Crippen LogP contribution in [0, 0.1) is 0 Å². The Morgan fingerprint density at radius 3 is 2.30 bits per heavy atom. The van der Waals surface area contributed by atoms with E-state index in [1.165, 1.54) is 17.5 Å². The van der Waals surface area contributed by atoms with Gasteiger partial charge in [0.2, 0.25) is 5.75 Å². The highest BCUT2D eigenvalue weighted by molar-refractivity contribution is 5.63. The van der Waals surface area contributed by atoms with E-state index in [2.05, 4.69) is 51.8 Å². The summed E-state index contributed by atoms with van der Waals surface area (Å²) in [6.07, 6.45) is 2.57. The van der Waals surface area contributed by atoms with E-state index in [-0.39, 0.29) is 0 Å². The third-order valence-electron chi connectivity index (χ3n) is 3.14. The number of methoxy groups -OCH3 is 1. The van der Waals surface area contributed by atoms with Crippen LogP contribution in [0.5, 0.6) is 5.75 Å². The largest absolute Gasteiger partial charge is 0.490 e. The molecule has 2 aromatic rings. The minimum atomic E-state index is 0.625. The summed E-state index contributed by atoms with van der Waals surface area (Å²) in [6, 6.07) is 8.54. The van der Waals surface area contributed by atoms with Gasteiger partial charge in [0.25, 0.3) is 0 Å². The fourth-order valence-corrected chi connectivity index (χ4v) is 1.95. The summed E-state index contributed by atoms with van der Waals surface area (Å²) in [7, 11) is 3.42. The molecule has 5 nitrogen and oxygen atoms in total. The molecule has 0 amide bonds. The summed E-state index contributed by atoms with van der Waals surface area (Å²) in [5, 5.41) is 6.26. The van der Waals surface area contributed by atoms with Gasteiger partial charge in [0.05, 0.1) is 7.11 Å². The lowest BCUT2D eigenvalue weighted by Gasteiger charge is -2.12. The zero-order valence-electron chi connectivity index (χ0n) is 12.1. The first-order valence-corrected chi connectivity index (χ1v) is 6.67. The van der Waals surface area contributed by atoms with Crippen molar-refractivity contribution in [2.24, 2.45) is 0 Å². The molecule has 0 spiro atoms. The number of rotatable bonds is 6. The van der Waals surface area contributed by atoms with Crippen LogP contribution in [-0.4, -0.2) is 24.1 Å². The van der Waals surface area contributed by atoms with Crippen LogP contribution < -0.4 is 15.4 Å². The zero-order chi connectivity index (χ0) is 14.4. The maximum absolute atomic E-state index is 5.34. The molecule has 0 unspecified atom stereocenters. The lowest BCUT2D eigenvalue weighted by molar-refractivity contribution is 0.415. The average molecular weight is 272 g/mol. The van der Waals surface area contributed by atoms with Crippen molar-refractivity contribution in [1.82, 2.24) is 9.97 Å². The highest BCUT2D eigenvalue weighted by atomic mass is 16.5. The van der Waals surface area contributed by atoms with Crippen LogP contribution in [0.3, 0.4) is 0 Å². The Balaban J connectivity index is 2.10. The molecule has 20 heavy (non-hydrogen) atoms. The maximum Gasteiger partial charge on any atom is 0.204 e. The molecule has 0 aliphatic carbocycles. The van der Waals surface area contributed by atoms with E-state index in [0.29, 0.717) is 23.9 Å². The Bertz CT molecular complexity index is 554. The first-order chi connectivity index (χ1) is 9.78. The Kier molecular flexibility index (Phi) is 4.76. The number of nitrogens with one attached hydrogen (secondary N) is 2. The summed E-state index contributed by atoms with van der Waals surface area (Å²) in [5.41, 5.74) is 2.54. The fourth-order valence-electron chi connectivity index (χ4n) is 1.95. The molecule has 0 bridgehead atoms. The minimum absolute atomic E-state index is 0.625. The van der Waals surface area contributed by atoms with Crippen molar-refractivity contribution in [2.45, 2.75) is 19.9 Å². The van der Waals surface area contributed by atoms with E-state index >= 15 is 0 Å². The number of ether oxygens (including phenoxy) is 1. The van der Waals surface area contributed by atoms with Gasteiger partial charge in [-0.3, -0.25) is 0 Å². The molecular formula is C15H20N4O. The third-order valence-corrected chi connectivity index (χ3v) is 3.14. The van der Waals surface area contributed by atoms with Gasteiger partial charge in [-0.2, -0.15) is 0 Å². The quantitative estimate of drug-likeness (QED) is 0.846. The van der Waals surface area contributed by atoms with Gasteiger partial charge >= 0.3 is 0 Å². The van der Waals surface area contributed by atoms with Crippen molar-refractivity contribution in [1.29, 1.82) is 0 Å². The molecular weight excluding hydrogens is 252 g/mol. The Morgan fingerprint density at radius 2 is 1.70 bits per heavy atom. The van der Waals surface area contributed by atoms with Crippen molar-refractivity contribution in [2.75, 3.05) is 24.8 Å². The second kappa shape index (κ2) is 6.75. The number of benzene rings is 1. The van der Waals surface area contributed by atoms with Crippen LogP contribution in [0.25, 0.3) is 0 Å². The molecule has 2 rings (SSSR count). The number of anilines is 2. The average Bonchev–Trinajstić information content (AvgIpc) is 2.52. The van der Waals surface area contributed by atoms with Crippen LogP contribution in [-0.2, 0) is 13.0 Å². The molecule has 1 aromatic heterocycles. The smallest absolute Gasteiger partial charge is 0.204 e. The molecule has 0 aliphatic heterocycles. The first-order valence-electron chi connectivity index (χ1n) is 6.67. The summed E-state index contributed by atoms with van der Waals surface area (Å²) in [4.78, 5) is 8.34. The molecule has 1 heterocycles. The molecule has 0 aliphatic rings. The van der Waals surface area contributed by atoms with E-state index in [0.717, 1.165) is 6.42 Å². The molecule has 106 valence electrons. The van der Waals surface area contributed by atoms with Gasteiger partial charge in [-0.15, -0.1) is 0 Å². The van der Waals surface area contributed by atoms with Gasteiger partial charge < -0.3 is 15.4 Å². The van der Waals surface area contributed by atoms with Crippen molar-refractivity contribution in [3.63, 3.8) is 0 Å². The number of aryl methyl sites for hydroxylation is 1. The highest BCUT2D eigenvalue weighted by Crippen LogP contribution is 2.28. The van der Waals surface area contributed by atoms with Crippen LogP contribution in [0.1, 0.15) is 18.1 Å². The molecule has 1 aromatic carbocycles. The van der Waals surface area contributed by atoms with E-state index in [1.54, 1.807) is 14.2 Å². The van der Waals surface area contributed by atoms with Gasteiger partial charge in [0, 0.05) is 13.6 Å². The van der Waals surface area contributed by atoms with Crippen molar-refractivity contribution in [3.05, 3.63) is 41.7 Å². The van der Waals surface area contributed by atoms with Crippen molar-refractivity contribution in [3.8, 4) is 5.75 Å². The first kappa shape index (κ1) is 14.1. The van der Waals surface area contributed by atoms with Gasteiger partial charge in [-0.1, -0.05) is 31.2 Å². The van der Waals surface area contributed by atoms with Crippen molar-refractivity contribution >= 4 is 11.6 Å². The molecule has 5 heteroatoms. The molecule has 0 saturated carbocycles. The fraction of sp³-hybridized carbons (Fsp3) is 0.333. The topological polar surface area (TPSA) is 59.1 Å². The lowest BCUT2D eigenvalue weighted by atomic mass is 10.1. The summed E-state index contributed by atoms with van der Waals surface area (Å²) in [6.45, 7) is 2.85. The van der Waals surface area contributed by atoms with Crippen LogP contribution in [0.4, 0.5) is 11.6 Å². The van der Waals surface area contributed by atoms with Crippen molar-refractivity contribution < 1.29 is 4.74 Å². The third kappa shape index (κ3) is 3.17. The highest BCUT2D eigenvalue weighted by Gasteiger charge is 2.10. The number of hydrogen-bond acceptors (Lipinski definition) is 5. The second-order valence-corrected chi connectivity index (χ2v) is 4.38. The predicted molar refractivity (Wildman–Crippen MR) is 81.3 cm³/mol. The van der Waals surface area contributed by atoms with Gasteiger partial charge in [-0.05, 0) is 17.5 Å². The normalized spacial score (nSPS) is 10.2. The summed E-state index contributed by atoms with van der Waals surface area (Å²) >= 11 is 0. The van der Waals surface area contributed by atoms with Gasteiger partial charge in [0.1, 0.15) is 6.33 Å². The Hall–Kier alpha value is -2.30. The van der Waals surface area contributed by atoms with E-state index in [9.17, 15) is 0 Å². The summed E-state index contributed by atoms with van der Waals surface area (Å²) in [5.74, 6) is 1.98. The molecule has 0 fully saturated rings. The second-order valence-electron chi connectivity index (χ2n) is 4.38. The monoisotopic (exact) mass is 272 g/mol. The predicted octanol–water partition coefficient (Wildman–Crippen LogP) is 2.70. The maximum atomic E-state index is 5.34. The Labute approximate surface area is 119 Å². The van der Waals surface area contributed by atoms with E-state index in [1.807, 2.05) is 0 Å². The molecule has 2 N–H and O–H groups in total. The number of aromatic nitrogens is 2. The standard InChI is InChI=1S/C15H20N4O/c1-4-11-5-7-12(8-6-11)9-17-15-13(20-3)14(16-2)18-10-19-15/h5-8,10H,4,9H2,1-3H3,(H2,16,17,18,19). The zero-order valence-corrected chi connectivity index (χ0v) is 12.1. The lowest BCUT2D eigenvalue weighted by Crippen LogP contribution is -2.06. The number of nitrogens with zero attached hydrogens (tertiary/aromatic N) is 2. The minimum Gasteiger partial charge on any atom is -0.490 e. The Morgan fingerprint density at radius 1 is 1.05 bits per heavy atom.